The van der Waals surface area contributed by atoms with Crippen LogP contribution in [0, 0.1) is 0 Å². The molecule has 1 N–H and O–H groups in total. The zero-order chi connectivity index (χ0) is 25.9. The van der Waals surface area contributed by atoms with Gasteiger partial charge >= 0.3 is 5.97 Å². The number of benzene rings is 3. The van der Waals surface area contributed by atoms with E-state index in [9.17, 15) is 19.2 Å². The first-order valence-corrected chi connectivity index (χ1v) is 11.5. The van der Waals surface area contributed by atoms with Crippen LogP contribution in [0.1, 0.15) is 55.1 Å². The Morgan fingerprint density at radius 2 is 1.49 bits per heavy atom. The average molecular weight is 495 g/mol. The first kappa shape index (κ1) is 23.7. The topological polar surface area (TPSA) is 112 Å². The second-order valence-electron chi connectivity index (χ2n) is 8.34. The fourth-order valence-electron chi connectivity index (χ4n) is 3.99. The number of anilines is 1. The molecule has 1 heterocycles. The van der Waals surface area contributed by atoms with E-state index in [1.807, 2.05) is 18.2 Å². The lowest BCUT2D eigenvalue weighted by molar-refractivity contribution is -0.123. The van der Waals surface area contributed by atoms with Crippen LogP contribution in [0.4, 0.5) is 5.69 Å². The van der Waals surface area contributed by atoms with Crippen molar-refractivity contribution in [3.8, 4) is 5.75 Å². The highest BCUT2D eigenvalue weighted by Crippen LogP contribution is 2.32. The standard InChI is InChI=1S/C29H21NO7/c1-17(36-29(34)24-15-14-19(37-24)16-35-18-8-3-2-4-9-18)28(33)30-23-13-7-12-22-25(23)27(32)21-11-6-5-10-20(21)26(22)31/h2-15,17H,16H2,1H3,(H,30,33). The number of para-hydroxylation sites is 1. The molecule has 1 unspecified atom stereocenters. The van der Waals surface area contributed by atoms with E-state index in [2.05, 4.69) is 5.32 Å². The summed E-state index contributed by atoms with van der Waals surface area (Å²) < 4.78 is 16.3. The van der Waals surface area contributed by atoms with Crippen LogP contribution in [-0.2, 0) is 16.1 Å². The van der Waals surface area contributed by atoms with Crippen molar-refractivity contribution in [2.45, 2.75) is 19.6 Å². The number of rotatable bonds is 7. The van der Waals surface area contributed by atoms with Crippen molar-refractivity contribution in [2.24, 2.45) is 0 Å². The van der Waals surface area contributed by atoms with Crippen LogP contribution in [0.15, 0.2) is 89.3 Å². The largest absolute Gasteiger partial charge is 0.486 e. The lowest BCUT2D eigenvalue weighted by atomic mass is 9.83. The number of esters is 1. The van der Waals surface area contributed by atoms with Crippen LogP contribution < -0.4 is 10.1 Å². The molecule has 4 aromatic rings. The van der Waals surface area contributed by atoms with E-state index in [0.29, 0.717) is 17.1 Å². The molecule has 1 aliphatic carbocycles. The van der Waals surface area contributed by atoms with Gasteiger partial charge in [-0.05, 0) is 37.3 Å². The predicted octanol–water partition coefficient (Wildman–Crippen LogP) is 4.82. The number of carbonyl (C=O) groups excluding carboxylic acids is 4. The molecule has 0 radical (unpaired) electrons. The van der Waals surface area contributed by atoms with Crippen molar-refractivity contribution in [1.29, 1.82) is 0 Å². The quantitative estimate of drug-likeness (QED) is 0.322. The van der Waals surface area contributed by atoms with E-state index in [1.54, 1.807) is 54.6 Å². The SMILES string of the molecule is CC(OC(=O)c1ccc(COc2ccccc2)o1)C(=O)Nc1cccc2c1C(=O)c1ccccc1C2=O. The van der Waals surface area contributed by atoms with Gasteiger partial charge < -0.3 is 19.2 Å². The van der Waals surface area contributed by atoms with Crippen molar-refractivity contribution in [2.75, 3.05) is 5.32 Å². The molecule has 37 heavy (non-hydrogen) atoms. The maximum Gasteiger partial charge on any atom is 0.375 e. The molecular weight excluding hydrogens is 474 g/mol. The number of hydrogen-bond acceptors (Lipinski definition) is 7. The Morgan fingerprint density at radius 1 is 0.811 bits per heavy atom. The van der Waals surface area contributed by atoms with E-state index >= 15 is 0 Å². The molecule has 1 atom stereocenters. The minimum Gasteiger partial charge on any atom is -0.486 e. The molecule has 8 heteroatoms. The zero-order valence-electron chi connectivity index (χ0n) is 19.7. The fourth-order valence-corrected chi connectivity index (χ4v) is 3.99. The molecule has 1 aromatic heterocycles. The van der Waals surface area contributed by atoms with Gasteiger partial charge in [-0.25, -0.2) is 4.79 Å². The molecule has 184 valence electrons. The maximum atomic E-state index is 13.1. The van der Waals surface area contributed by atoms with Crippen molar-refractivity contribution in [1.82, 2.24) is 0 Å². The summed E-state index contributed by atoms with van der Waals surface area (Å²) in [5.74, 6) is -1.19. The number of nitrogens with one attached hydrogen (secondary N) is 1. The molecular formula is C29H21NO7. The minimum atomic E-state index is -1.21. The third-order valence-electron chi connectivity index (χ3n) is 5.85. The Hall–Kier alpha value is -4.98. The first-order chi connectivity index (χ1) is 17.9. The third kappa shape index (κ3) is 4.77. The van der Waals surface area contributed by atoms with Crippen LogP contribution >= 0.6 is 0 Å². The number of ether oxygens (including phenoxy) is 2. The summed E-state index contributed by atoms with van der Waals surface area (Å²) in [6, 6.07) is 23.3. The highest BCUT2D eigenvalue weighted by atomic mass is 16.6. The van der Waals surface area contributed by atoms with Crippen LogP contribution in [0.2, 0.25) is 0 Å². The zero-order valence-corrected chi connectivity index (χ0v) is 19.7. The van der Waals surface area contributed by atoms with E-state index in [0.717, 1.165) is 0 Å². The molecule has 0 fully saturated rings. The van der Waals surface area contributed by atoms with Crippen molar-refractivity contribution < 1.29 is 33.1 Å². The fraction of sp³-hybridized carbons (Fsp3) is 0.103. The Balaban J connectivity index is 1.25. The summed E-state index contributed by atoms with van der Waals surface area (Å²) in [5.41, 5.74) is 1.06. The van der Waals surface area contributed by atoms with Gasteiger partial charge in [-0.2, -0.15) is 0 Å². The van der Waals surface area contributed by atoms with Gasteiger partial charge in [0.05, 0.1) is 11.3 Å². The Bertz CT molecular complexity index is 1520. The van der Waals surface area contributed by atoms with Crippen LogP contribution in [-0.4, -0.2) is 29.5 Å². The van der Waals surface area contributed by atoms with Crippen LogP contribution in [0.3, 0.4) is 0 Å². The molecule has 0 saturated carbocycles. The van der Waals surface area contributed by atoms with Gasteiger partial charge in [-0.1, -0.05) is 54.6 Å². The number of hydrogen-bond donors (Lipinski definition) is 1. The number of carbonyl (C=O) groups is 4. The molecule has 3 aromatic carbocycles. The molecule has 1 amide bonds. The lowest BCUT2D eigenvalue weighted by Crippen LogP contribution is -2.31. The first-order valence-electron chi connectivity index (χ1n) is 11.5. The Kier molecular flexibility index (Phi) is 6.38. The number of fused-ring (bicyclic) bond motifs is 2. The van der Waals surface area contributed by atoms with E-state index in [-0.39, 0.29) is 46.3 Å². The summed E-state index contributed by atoms with van der Waals surface area (Å²) >= 11 is 0. The molecule has 0 bridgehead atoms. The predicted molar refractivity (Wildman–Crippen MR) is 133 cm³/mol. The van der Waals surface area contributed by atoms with Gasteiger partial charge in [0.25, 0.3) is 5.91 Å². The second kappa shape index (κ2) is 9.94. The lowest BCUT2D eigenvalue weighted by Gasteiger charge is -2.21. The van der Waals surface area contributed by atoms with Gasteiger partial charge in [-0.3, -0.25) is 14.4 Å². The molecule has 5 rings (SSSR count). The molecule has 0 aliphatic heterocycles. The summed E-state index contributed by atoms with van der Waals surface area (Å²) in [7, 11) is 0. The van der Waals surface area contributed by atoms with E-state index in [1.165, 1.54) is 19.1 Å². The minimum absolute atomic E-state index is 0.0826. The number of amides is 1. The molecule has 0 spiro atoms. The summed E-state index contributed by atoms with van der Waals surface area (Å²) in [5, 5.41) is 2.61. The highest BCUT2D eigenvalue weighted by Gasteiger charge is 2.32. The third-order valence-corrected chi connectivity index (χ3v) is 5.85. The maximum absolute atomic E-state index is 13.1. The van der Waals surface area contributed by atoms with Crippen molar-refractivity contribution >= 4 is 29.1 Å². The van der Waals surface area contributed by atoms with Gasteiger partial charge in [0.1, 0.15) is 18.1 Å². The van der Waals surface area contributed by atoms with E-state index < -0.39 is 18.0 Å². The van der Waals surface area contributed by atoms with Crippen molar-refractivity contribution in [3.63, 3.8) is 0 Å². The monoisotopic (exact) mass is 495 g/mol. The van der Waals surface area contributed by atoms with Gasteiger partial charge in [0.15, 0.2) is 17.7 Å². The van der Waals surface area contributed by atoms with Gasteiger partial charge in [0.2, 0.25) is 5.76 Å². The molecule has 8 nitrogen and oxygen atoms in total. The van der Waals surface area contributed by atoms with Crippen molar-refractivity contribution in [3.05, 3.63) is 119 Å². The Labute approximate surface area is 211 Å². The summed E-state index contributed by atoms with van der Waals surface area (Å²) in [6.07, 6.45) is -1.21. The average Bonchev–Trinajstić information content (AvgIpc) is 3.40. The number of furan rings is 1. The molecule has 1 aliphatic rings. The Morgan fingerprint density at radius 3 is 2.24 bits per heavy atom. The summed E-state index contributed by atoms with van der Waals surface area (Å²) in [4.78, 5) is 51.4. The van der Waals surface area contributed by atoms with E-state index in [4.69, 9.17) is 13.9 Å². The molecule has 0 saturated heterocycles. The van der Waals surface area contributed by atoms with Crippen LogP contribution in [0.25, 0.3) is 0 Å². The smallest absolute Gasteiger partial charge is 0.375 e. The summed E-state index contributed by atoms with van der Waals surface area (Å²) in [6.45, 7) is 1.51. The second-order valence-corrected chi connectivity index (χ2v) is 8.34. The number of ketones is 2. The highest BCUT2D eigenvalue weighted by molar-refractivity contribution is 6.30. The van der Waals surface area contributed by atoms with Gasteiger partial charge in [-0.15, -0.1) is 0 Å². The van der Waals surface area contributed by atoms with Gasteiger partial charge in [0, 0.05) is 16.7 Å². The normalized spacial score (nSPS) is 12.8. The van der Waals surface area contributed by atoms with Crippen LogP contribution in [0.5, 0.6) is 5.75 Å².